The number of carboxylic acid groups (broad SMARTS) is 1. The number of nitrogens with zero attached hydrogens (tertiary/aromatic N) is 2. The summed E-state index contributed by atoms with van der Waals surface area (Å²) in [6.07, 6.45) is 4.22. The van der Waals surface area contributed by atoms with Crippen LogP contribution >= 0.6 is 11.3 Å². The highest BCUT2D eigenvalue weighted by Crippen LogP contribution is 2.35. The monoisotopic (exact) mass is 291 g/mol. The lowest BCUT2D eigenvalue weighted by molar-refractivity contribution is -0.309. The van der Waals surface area contributed by atoms with Crippen molar-refractivity contribution in [3.63, 3.8) is 0 Å². The first kappa shape index (κ1) is 13.3. The molecule has 0 fully saturated rings. The zero-order chi connectivity index (χ0) is 14.4. The summed E-state index contributed by atoms with van der Waals surface area (Å²) in [5.74, 6) is -0.647. The molecule has 0 radical (unpaired) electrons. The number of fused-ring (bicyclic) bond motifs is 3. The van der Waals surface area contributed by atoms with Crippen molar-refractivity contribution in [1.29, 1.82) is 0 Å². The molecule has 2 aromatic rings. The third-order valence-electron chi connectivity index (χ3n) is 4.00. The van der Waals surface area contributed by atoms with E-state index in [9.17, 15) is 14.7 Å². The topological polar surface area (TPSA) is 75.0 Å². The molecule has 0 amide bonds. The summed E-state index contributed by atoms with van der Waals surface area (Å²) in [6, 6.07) is -1.00. The average molecular weight is 291 g/mol. The molecule has 0 bridgehead atoms. The Balaban J connectivity index is 2.23. The number of carbonyl (C=O) groups is 1. The highest BCUT2D eigenvalue weighted by molar-refractivity contribution is 7.18. The third-order valence-corrected chi connectivity index (χ3v) is 5.16. The molecule has 0 unspecified atom stereocenters. The van der Waals surface area contributed by atoms with Crippen molar-refractivity contribution in [3.8, 4) is 0 Å². The fourth-order valence-corrected chi connectivity index (χ4v) is 4.07. The van der Waals surface area contributed by atoms with Gasteiger partial charge in [-0.15, -0.1) is 11.3 Å². The van der Waals surface area contributed by atoms with Crippen LogP contribution in [0.4, 0.5) is 0 Å². The van der Waals surface area contributed by atoms with Gasteiger partial charge in [-0.05, 0) is 37.7 Å². The van der Waals surface area contributed by atoms with Crippen LogP contribution in [0.25, 0.3) is 10.2 Å². The minimum absolute atomic E-state index is 0.265. The number of hydrogen-bond acceptors (Lipinski definition) is 5. The van der Waals surface area contributed by atoms with Crippen LogP contribution in [-0.2, 0) is 17.6 Å². The van der Waals surface area contributed by atoms with Crippen LogP contribution < -0.4 is 10.7 Å². The maximum atomic E-state index is 12.5. The molecule has 0 saturated heterocycles. The van der Waals surface area contributed by atoms with Gasteiger partial charge in [0, 0.05) is 4.88 Å². The van der Waals surface area contributed by atoms with Crippen LogP contribution in [0.1, 0.15) is 36.8 Å². The molecule has 0 spiro atoms. The molecule has 0 saturated carbocycles. The summed E-state index contributed by atoms with van der Waals surface area (Å²) < 4.78 is 1.16. The minimum atomic E-state index is -1.27. The number of thiophene rings is 1. The predicted octanol–water partition coefficient (Wildman–Crippen LogP) is 0.894. The normalized spacial score (nSPS) is 19.8. The largest absolute Gasteiger partial charge is 0.548 e. The molecule has 6 heteroatoms. The first-order valence-electron chi connectivity index (χ1n) is 6.71. The Kier molecular flexibility index (Phi) is 3.12. The van der Waals surface area contributed by atoms with Gasteiger partial charge in [-0.3, -0.25) is 9.36 Å². The molecule has 2 heterocycles. The minimum Gasteiger partial charge on any atom is -0.548 e. The molecule has 0 N–H and O–H groups in total. The maximum absolute atomic E-state index is 12.5. The number of rotatable bonds is 2. The number of carbonyl (C=O) groups excluding carboxylic acids is 1. The Bertz CT molecular complexity index is 747. The van der Waals surface area contributed by atoms with Crippen molar-refractivity contribution in [3.05, 3.63) is 27.1 Å². The van der Waals surface area contributed by atoms with Crippen LogP contribution in [0.2, 0.25) is 0 Å². The van der Waals surface area contributed by atoms with Crippen LogP contribution in [0.3, 0.4) is 0 Å². The van der Waals surface area contributed by atoms with Gasteiger partial charge in [-0.25, -0.2) is 4.98 Å². The summed E-state index contributed by atoms with van der Waals surface area (Å²) in [6.45, 7) is 3.64. The lowest BCUT2D eigenvalue weighted by Gasteiger charge is -2.18. The molecule has 0 aliphatic heterocycles. The molecular weight excluding hydrogens is 276 g/mol. The lowest BCUT2D eigenvalue weighted by atomic mass is 9.89. The SMILES string of the molecule is C[C@@H]1CCc2c(sc3ncn([C@H](C)C(=O)[O-])c(=O)c23)C1. The third kappa shape index (κ3) is 1.95. The second kappa shape index (κ2) is 4.70. The fraction of sp³-hybridized carbons (Fsp3) is 0.500. The first-order chi connectivity index (χ1) is 9.49. The summed E-state index contributed by atoms with van der Waals surface area (Å²) in [7, 11) is 0. The van der Waals surface area contributed by atoms with E-state index in [0.717, 1.165) is 34.2 Å². The molecule has 3 rings (SSSR count). The quantitative estimate of drug-likeness (QED) is 0.823. The van der Waals surface area contributed by atoms with E-state index in [2.05, 4.69) is 11.9 Å². The van der Waals surface area contributed by atoms with Gasteiger partial charge in [0.15, 0.2) is 0 Å². The Hall–Kier alpha value is -1.69. The van der Waals surface area contributed by atoms with E-state index in [0.29, 0.717) is 11.3 Å². The highest BCUT2D eigenvalue weighted by atomic mass is 32.1. The summed E-state index contributed by atoms with van der Waals surface area (Å²) in [5.41, 5.74) is 0.805. The van der Waals surface area contributed by atoms with Crippen LogP contribution in [0, 0.1) is 5.92 Å². The highest BCUT2D eigenvalue weighted by Gasteiger charge is 2.23. The van der Waals surface area contributed by atoms with Gasteiger partial charge >= 0.3 is 0 Å². The van der Waals surface area contributed by atoms with Crippen LogP contribution in [0.5, 0.6) is 0 Å². The number of carboxylic acids is 1. The summed E-state index contributed by atoms with van der Waals surface area (Å²) >= 11 is 1.56. The van der Waals surface area contributed by atoms with E-state index in [1.54, 1.807) is 11.3 Å². The molecule has 20 heavy (non-hydrogen) atoms. The van der Waals surface area contributed by atoms with Gasteiger partial charge < -0.3 is 9.90 Å². The van der Waals surface area contributed by atoms with E-state index in [1.165, 1.54) is 18.1 Å². The van der Waals surface area contributed by atoms with Crippen molar-refractivity contribution >= 4 is 27.5 Å². The summed E-state index contributed by atoms with van der Waals surface area (Å²) in [5, 5.41) is 11.6. The smallest absolute Gasteiger partial charge is 0.262 e. The van der Waals surface area contributed by atoms with Gasteiger partial charge in [-0.2, -0.15) is 0 Å². The van der Waals surface area contributed by atoms with E-state index in [4.69, 9.17) is 0 Å². The van der Waals surface area contributed by atoms with Gasteiger partial charge in [0.1, 0.15) is 4.83 Å². The van der Waals surface area contributed by atoms with Crippen molar-refractivity contribution in [2.75, 3.05) is 0 Å². The first-order valence-corrected chi connectivity index (χ1v) is 7.53. The Morgan fingerprint density at radius 1 is 1.60 bits per heavy atom. The second-order valence-electron chi connectivity index (χ2n) is 5.48. The van der Waals surface area contributed by atoms with Gasteiger partial charge in [0.2, 0.25) is 0 Å². The predicted molar refractivity (Wildman–Crippen MR) is 74.8 cm³/mol. The Morgan fingerprint density at radius 3 is 3.05 bits per heavy atom. The van der Waals surface area contributed by atoms with E-state index in [1.807, 2.05) is 0 Å². The molecule has 2 aromatic heterocycles. The fourth-order valence-electron chi connectivity index (χ4n) is 2.73. The van der Waals surface area contributed by atoms with Crippen molar-refractivity contribution in [1.82, 2.24) is 9.55 Å². The number of aliphatic carboxylic acids is 1. The molecule has 0 aromatic carbocycles. The van der Waals surface area contributed by atoms with E-state index < -0.39 is 12.0 Å². The zero-order valence-electron chi connectivity index (χ0n) is 11.4. The van der Waals surface area contributed by atoms with E-state index in [-0.39, 0.29) is 5.56 Å². The summed E-state index contributed by atoms with van der Waals surface area (Å²) in [4.78, 5) is 29.7. The number of aryl methyl sites for hydroxylation is 1. The maximum Gasteiger partial charge on any atom is 0.262 e. The van der Waals surface area contributed by atoms with Crippen LogP contribution in [-0.4, -0.2) is 15.5 Å². The second-order valence-corrected chi connectivity index (χ2v) is 6.57. The average Bonchev–Trinajstić information content (AvgIpc) is 2.76. The molecule has 2 atom stereocenters. The van der Waals surface area contributed by atoms with E-state index >= 15 is 0 Å². The lowest BCUT2D eigenvalue weighted by Crippen LogP contribution is -2.36. The van der Waals surface area contributed by atoms with Crippen molar-refractivity contribution < 1.29 is 9.90 Å². The number of hydrogen-bond donors (Lipinski definition) is 0. The standard InChI is InChI=1S/C14H16N2O3S/c1-7-3-4-9-10(5-7)20-12-11(9)13(17)16(6-15-12)8(2)14(18)19/h6-8H,3-5H2,1-2H3,(H,18,19)/p-1/t7-,8-/m1/s1. The Labute approximate surface area is 119 Å². The Morgan fingerprint density at radius 2 is 2.35 bits per heavy atom. The molecule has 1 aliphatic carbocycles. The van der Waals surface area contributed by atoms with Gasteiger partial charge in [0.25, 0.3) is 5.56 Å². The molecule has 1 aliphatic rings. The molecule has 106 valence electrons. The van der Waals surface area contributed by atoms with Crippen LogP contribution in [0.15, 0.2) is 11.1 Å². The van der Waals surface area contributed by atoms with Gasteiger partial charge in [-0.1, -0.05) is 6.92 Å². The zero-order valence-corrected chi connectivity index (χ0v) is 12.2. The van der Waals surface area contributed by atoms with Gasteiger partial charge in [0.05, 0.1) is 23.7 Å². The molecular formula is C14H15N2O3S-. The van der Waals surface area contributed by atoms with Crippen molar-refractivity contribution in [2.45, 2.75) is 39.2 Å². The van der Waals surface area contributed by atoms with Crippen molar-refractivity contribution in [2.24, 2.45) is 5.92 Å². The number of aromatic nitrogens is 2. The molecule has 5 nitrogen and oxygen atoms in total.